The Balaban J connectivity index is 1.47. The van der Waals surface area contributed by atoms with E-state index in [9.17, 15) is 4.79 Å². The first-order valence-corrected chi connectivity index (χ1v) is 8.65. The maximum atomic E-state index is 12.3. The van der Waals surface area contributed by atoms with Gasteiger partial charge in [0.2, 0.25) is 5.89 Å². The van der Waals surface area contributed by atoms with Gasteiger partial charge in [-0.3, -0.25) is 9.88 Å². The van der Waals surface area contributed by atoms with E-state index in [2.05, 4.69) is 27.1 Å². The topological polar surface area (TPSA) is 74.5 Å². The molecule has 0 spiro atoms. The number of aromatic nitrogens is 2. The van der Waals surface area contributed by atoms with Crippen LogP contribution in [0.15, 0.2) is 28.8 Å². The Hall–Kier alpha value is -2.41. The molecule has 1 saturated heterocycles. The highest BCUT2D eigenvalue weighted by Crippen LogP contribution is 2.19. The van der Waals surface area contributed by atoms with Crippen LogP contribution < -0.4 is 5.32 Å². The van der Waals surface area contributed by atoms with E-state index in [4.69, 9.17) is 4.42 Å². The number of carbonyl (C=O) groups excluding carboxylic acids is 1. The summed E-state index contributed by atoms with van der Waals surface area (Å²) in [6, 6.07) is 6.16. The fraction of sp³-hybridized carbons (Fsp3) is 0.500. The van der Waals surface area contributed by atoms with Crippen molar-refractivity contribution >= 4 is 6.03 Å². The van der Waals surface area contributed by atoms with Gasteiger partial charge in [0.1, 0.15) is 5.76 Å². The van der Waals surface area contributed by atoms with Crippen molar-refractivity contribution in [3.8, 4) is 0 Å². The number of carbonyl (C=O) groups is 1. The number of hydrogen-bond acceptors (Lipinski definition) is 5. The number of nitrogens with zero attached hydrogens (tertiary/aromatic N) is 4. The molecule has 7 heteroatoms. The molecule has 3 heterocycles. The van der Waals surface area contributed by atoms with Crippen molar-refractivity contribution in [1.82, 2.24) is 25.1 Å². The minimum Gasteiger partial charge on any atom is -0.444 e. The van der Waals surface area contributed by atoms with Gasteiger partial charge in [-0.1, -0.05) is 6.07 Å². The molecule has 7 nitrogen and oxygen atoms in total. The lowest BCUT2D eigenvalue weighted by atomic mass is 10.1. The van der Waals surface area contributed by atoms with Crippen LogP contribution in [0, 0.1) is 13.8 Å². The molecular formula is C18H25N5O2. The van der Waals surface area contributed by atoms with Crippen molar-refractivity contribution in [3.05, 3.63) is 47.4 Å². The zero-order valence-corrected chi connectivity index (χ0v) is 15.0. The molecule has 2 aromatic heterocycles. The third-order valence-corrected chi connectivity index (χ3v) is 4.73. The summed E-state index contributed by atoms with van der Waals surface area (Å²) >= 11 is 0. The predicted molar refractivity (Wildman–Crippen MR) is 94.0 cm³/mol. The monoisotopic (exact) mass is 343 g/mol. The first kappa shape index (κ1) is 17.4. The number of piperazine rings is 1. The molecule has 2 amide bonds. The normalized spacial score (nSPS) is 16.7. The number of amides is 2. The Morgan fingerprint density at radius 2 is 2.04 bits per heavy atom. The van der Waals surface area contributed by atoms with Gasteiger partial charge in [-0.05, 0) is 32.9 Å². The molecular weight excluding hydrogens is 318 g/mol. The van der Waals surface area contributed by atoms with Crippen LogP contribution in [0.2, 0.25) is 0 Å². The summed E-state index contributed by atoms with van der Waals surface area (Å²) in [5, 5.41) is 2.88. The van der Waals surface area contributed by atoms with Gasteiger partial charge in [0, 0.05) is 38.4 Å². The molecule has 1 aliphatic heterocycles. The molecule has 0 aliphatic carbocycles. The summed E-state index contributed by atoms with van der Waals surface area (Å²) in [4.78, 5) is 25.2. The maximum absolute atomic E-state index is 12.3. The predicted octanol–water partition coefficient (Wildman–Crippen LogP) is 2.27. The number of pyridine rings is 1. The van der Waals surface area contributed by atoms with Crippen LogP contribution in [0.4, 0.5) is 4.79 Å². The molecule has 134 valence electrons. The van der Waals surface area contributed by atoms with Crippen molar-refractivity contribution in [1.29, 1.82) is 0 Å². The molecule has 0 bridgehead atoms. The Kier molecular flexibility index (Phi) is 5.33. The summed E-state index contributed by atoms with van der Waals surface area (Å²) in [6.07, 6.45) is 1.82. The van der Waals surface area contributed by atoms with Gasteiger partial charge in [0.25, 0.3) is 0 Å². The number of oxazole rings is 1. The van der Waals surface area contributed by atoms with Gasteiger partial charge in [-0.15, -0.1) is 0 Å². The van der Waals surface area contributed by atoms with E-state index in [1.54, 1.807) is 0 Å². The van der Waals surface area contributed by atoms with E-state index in [-0.39, 0.29) is 12.1 Å². The van der Waals surface area contributed by atoms with Crippen molar-refractivity contribution in [3.63, 3.8) is 0 Å². The maximum Gasteiger partial charge on any atom is 0.317 e. The van der Waals surface area contributed by atoms with Gasteiger partial charge in [-0.25, -0.2) is 9.78 Å². The lowest BCUT2D eigenvalue weighted by molar-refractivity contribution is 0.112. The van der Waals surface area contributed by atoms with Crippen LogP contribution in [-0.2, 0) is 6.54 Å². The highest BCUT2D eigenvalue weighted by atomic mass is 16.4. The summed E-state index contributed by atoms with van der Waals surface area (Å²) in [6.45, 7) is 9.31. The molecule has 0 saturated carbocycles. The molecule has 1 fully saturated rings. The van der Waals surface area contributed by atoms with Crippen LogP contribution in [-0.4, -0.2) is 52.0 Å². The van der Waals surface area contributed by atoms with Crippen LogP contribution in [0.5, 0.6) is 0 Å². The van der Waals surface area contributed by atoms with E-state index in [1.165, 1.54) is 0 Å². The summed E-state index contributed by atoms with van der Waals surface area (Å²) in [5.74, 6) is 1.34. The Morgan fingerprint density at radius 3 is 2.64 bits per heavy atom. The van der Waals surface area contributed by atoms with Gasteiger partial charge >= 0.3 is 6.03 Å². The first-order chi connectivity index (χ1) is 12.0. The minimum atomic E-state index is -0.0707. The highest BCUT2D eigenvalue weighted by Gasteiger charge is 2.25. The number of urea groups is 1. The molecule has 3 rings (SSSR count). The second kappa shape index (κ2) is 7.65. The highest BCUT2D eigenvalue weighted by molar-refractivity contribution is 5.74. The quantitative estimate of drug-likeness (QED) is 0.922. The van der Waals surface area contributed by atoms with E-state index in [1.807, 2.05) is 43.1 Å². The summed E-state index contributed by atoms with van der Waals surface area (Å²) in [5.41, 5.74) is 1.93. The van der Waals surface area contributed by atoms with Gasteiger partial charge in [0.15, 0.2) is 0 Å². The van der Waals surface area contributed by atoms with Crippen molar-refractivity contribution in [2.24, 2.45) is 0 Å². The van der Waals surface area contributed by atoms with E-state index < -0.39 is 0 Å². The largest absolute Gasteiger partial charge is 0.444 e. The zero-order valence-electron chi connectivity index (χ0n) is 15.0. The molecule has 1 aliphatic rings. The Labute approximate surface area is 148 Å². The van der Waals surface area contributed by atoms with Gasteiger partial charge in [-0.2, -0.15) is 0 Å². The summed E-state index contributed by atoms with van der Waals surface area (Å²) in [7, 11) is 0. The first-order valence-electron chi connectivity index (χ1n) is 8.65. The van der Waals surface area contributed by atoms with Crippen LogP contribution in [0.25, 0.3) is 0 Å². The lowest BCUT2D eigenvalue weighted by Gasteiger charge is -2.37. The average Bonchev–Trinajstić information content (AvgIpc) is 2.98. The van der Waals surface area contributed by atoms with E-state index in [0.717, 1.165) is 30.2 Å². The Bertz CT molecular complexity index is 688. The van der Waals surface area contributed by atoms with Gasteiger partial charge < -0.3 is 14.6 Å². The molecule has 0 aromatic carbocycles. The second-order valence-electron chi connectivity index (χ2n) is 6.36. The third-order valence-electron chi connectivity index (χ3n) is 4.73. The summed E-state index contributed by atoms with van der Waals surface area (Å²) < 4.78 is 5.49. The molecule has 2 aromatic rings. The molecule has 1 N–H and O–H groups in total. The molecule has 0 radical (unpaired) electrons. The van der Waals surface area contributed by atoms with Crippen molar-refractivity contribution in [2.75, 3.05) is 26.2 Å². The van der Waals surface area contributed by atoms with Crippen molar-refractivity contribution < 1.29 is 9.21 Å². The Morgan fingerprint density at radius 1 is 1.28 bits per heavy atom. The smallest absolute Gasteiger partial charge is 0.317 e. The second-order valence-corrected chi connectivity index (χ2v) is 6.36. The van der Waals surface area contributed by atoms with Gasteiger partial charge in [0.05, 0.1) is 17.9 Å². The molecule has 1 atom stereocenters. The van der Waals surface area contributed by atoms with E-state index >= 15 is 0 Å². The van der Waals surface area contributed by atoms with Crippen LogP contribution in [0.1, 0.15) is 36.0 Å². The minimum absolute atomic E-state index is 0.0707. The van der Waals surface area contributed by atoms with Crippen molar-refractivity contribution in [2.45, 2.75) is 33.4 Å². The van der Waals surface area contributed by atoms with Crippen LogP contribution in [0.3, 0.4) is 0 Å². The molecule has 0 unspecified atom stereocenters. The molecule has 25 heavy (non-hydrogen) atoms. The standard InChI is InChI=1S/C18H25N5O2/c1-13-15(3)25-17(21-13)12-20-18(24)23-10-8-22(9-11-23)14(2)16-6-4-5-7-19-16/h4-7,14H,8-12H2,1-3H3,(H,20,24)/t14-/m0/s1. The lowest BCUT2D eigenvalue weighted by Crippen LogP contribution is -2.52. The fourth-order valence-corrected chi connectivity index (χ4v) is 3.00. The SMILES string of the molecule is Cc1nc(CNC(=O)N2CCN([C@@H](C)c3ccccn3)CC2)oc1C. The van der Waals surface area contributed by atoms with Crippen LogP contribution >= 0.6 is 0 Å². The van der Waals surface area contributed by atoms with E-state index in [0.29, 0.717) is 25.5 Å². The number of nitrogens with one attached hydrogen (secondary N) is 1. The third kappa shape index (κ3) is 4.17. The number of aryl methyl sites for hydroxylation is 2. The average molecular weight is 343 g/mol. The zero-order chi connectivity index (χ0) is 17.8. The fourth-order valence-electron chi connectivity index (χ4n) is 3.00. The number of hydrogen-bond donors (Lipinski definition) is 1. The number of rotatable bonds is 4.